The van der Waals surface area contributed by atoms with Gasteiger partial charge in [0, 0.05) is 0 Å². The number of hydrogen-bond acceptors (Lipinski definition) is 15. The van der Waals surface area contributed by atoms with E-state index in [0.717, 1.165) is 31.1 Å². The molecule has 0 aromatic heterocycles. The lowest BCUT2D eigenvalue weighted by Crippen LogP contribution is -2.72. The van der Waals surface area contributed by atoms with E-state index in [2.05, 4.69) is 65.6 Å². The molecule has 2 atom stereocenters. The summed E-state index contributed by atoms with van der Waals surface area (Å²) < 4.78 is 73.2. The van der Waals surface area contributed by atoms with Crippen molar-refractivity contribution in [1.29, 1.82) is 0 Å². The van der Waals surface area contributed by atoms with Crippen molar-refractivity contribution in [1.82, 2.24) is 0 Å². The van der Waals surface area contributed by atoms with Gasteiger partial charge in [-0.25, -0.2) is 0 Å². The second kappa shape index (κ2) is 33.0. The van der Waals surface area contributed by atoms with Gasteiger partial charge in [0.25, 0.3) is 0 Å². The van der Waals surface area contributed by atoms with E-state index in [4.69, 9.17) is 45.3 Å². The van der Waals surface area contributed by atoms with Crippen LogP contribution in [0.15, 0.2) is 231 Å². The van der Waals surface area contributed by atoms with E-state index in [1.54, 1.807) is 63.8 Å². The highest BCUT2D eigenvalue weighted by Gasteiger charge is 2.57. The van der Waals surface area contributed by atoms with Gasteiger partial charge in [-0.1, -0.05) is 205 Å². The molecule has 6 rings (SSSR count). The Morgan fingerprint density at radius 3 is 0.581 bits per heavy atom. The van der Waals surface area contributed by atoms with Gasteiger partial charge in [0.2, 0.25) is 0 Å². The molecular weight excluding hydrogens is 1400 g/mol. The van der Waals surface area contributed by atoms with Crippen molar-refractivity contribution in [2.24, 2.45) is 0 Å². The normalized spacial score (nSPS) is 14.6. The van der Waals surface area contributed by atoms with E-state index in [-0.39, 0.29) is 0 Å². The summed E-state index contributed by atoms with van der Waals surface area (Å²) in [5, 5.41) is 5.65. The third kappa shape index (κ3) is 26.5. The molecule has 6 aromatic carbocycles. The van der Waals surface area contributed by atoms with E-state index in [1.807, 2.05) is 233 Å². The van der Waals surface area contributed by atoms with Gasteiger partial charge in [-0.3, -0.25) is 0 Å². The maximum atomic E-state index is 10.8. The van der Waals surface area contributed by atoms with E-state index < -0.39 is 119 Å². The summed E-state index contributed by atoms with van der Waals surface area (Å²) in [6.07, 6.45) is 0. The topological polar surface area (TPSA) is 182 Å². The third-order valence-electron chi connectivity index (χ3n) is 13.3. The van der Waals surface area contributed by atoms with Crippen molar-refractivity contribution >= 4 is 150 Å². The van der Waals surface area contributed by atoms with Crippen LogP contribution in [-0.2, 0) is 45.3 Å². The van der Waals surface area contributed by atoms with Crippen molar-refractivity contribution in [3.05, 3.63) is 231 Å². The van der Waals surface area contributed by atoms with Crippen LogP contribution >= 0.6 is 0 Å². The molecule has 0 aliphatic carbocycles. The van der Waals surface area contributed by atoms with Gasteiger partial charge in [0.1, 0.15) is 0 Å². The van der Waals surface area contributed by atoms with Crippen molar-refractivity contribution in [3.63, 3.8) is 0 Å². The summed E-state index contributed by atoms with van der Waals surface area (Å²) in [5.41, 5.74) is 7.26. The Balaban J connectivity index is 0.000000298. The van der Waals surface area contributed by atoms with Crippen LogP contribution in [0.1, 0.15) is 0 Å². The van der Waals surface area contributed by atoms with Gasteiger partial charge >= 0.3 is 103 Å². The molecule has 15 nitrogen and oxygen atoms in total. The second-order valence-electron chi connectivity index (χ2n) is 27.2. The molecule has 0 amide bonds. The molecule has 0 bridgehead atoms. The van der Waals surface area contributed by atoms with Gasteiger partial charge in [0.15, 0.2) is 16.6 Å². The minimum atomic E-state index is -3.41. The molecule has 0 aliphatic rings. The van der Waals surface area contributed by atoms with Gasteiger partial charge in [-0.15, -0.1) is 26.3 Å². The highest BCUT2D eigenvalue weighted by atomic mass is 28.5. The van der Waals surface area contributed by atoms with Gasteiger partial charge in [-0.05, 0) is 162 Å². The first-order chi connectivity index (χ1) is 42.7. The van der Waals surface area contributed by atoms with Crippen LogP contribution in [0.5, 0.6) is 0 Å². The maximum absolute atomic E-state index is 10.8. The molecule has 29 heteroatoms. The Hall–Kier alpha value is -3.28. The molecule has 4 N–H and O–H groups in total. The van der Waals surface area contributed by atoms with Crippen molar-refractivity contribution in [2.45, 2.75) is 131 Å². The summed E-state index contributed by atoms with van der Waals surface area (Å²) in [4.78, 5) is 42.5. The molecule has 0 spiro atoms. The smallest absolute Gasteiger partial charge is 0.389 e. The molecule has 0 fully saturated rings. The highest BCUT2D eigenvalue weighted by molar-refractivity contribution is 7.05. The number of hydrogen-bond donors (Lipinski definition) is 4. The standard InChI is InChI=1S/C23H38O5Si5.C21H36O6Si5.C20H32O4Si4/c1-10-29(3,4)25-31(7,8)27-33(22-18-14-12-15-19-22,23-20-16-13-17-21-23)28-32(9,11-2)26-30(5,6)24;1-9-31(8,25-29(4,5)23)27-32(20-16-12-10-13-17-20,21-18-14-11-15-19-21)26-30(6,7)24-28(2,3)22;1-8-25(2,3)22-27(6,7)24-28(23-26(4,5)21,19-15-11-9-12-16-19)20-17-13-10-14-18-20/h10-21,24H,1-2H2,3-9H3;9-19,22-23H,1H2,2-8H3;8-18,21H,1H2,2-7H3. The molecule has 0 saturated heterocycles. The van der Waals surface area contributed by atoms with Crippen LogP contribution < -0.4 is 31.1 Å². The lowest BCUT2D eigenvalue weighted by atomic mass is 10.4. The van der Waals surface area contributed by atoms with Crippen molar-refractivity contribution in [3.8, 4) is 0 Å². The zero-order valence-corrected chi connectivity index (χ0v) is 72.7. The molecular formula is C64H106O15Si14. The van der Waals surface area contributed by atoms with Crippen LogP contribution in [0.3, 0.4) is 0 Å². The van der Waals surface area contributed by atoms with Gasteiger partial charge in [0.05, 0.1) is 0 Å². The van der Waals surface area contributed by atoms with E-state index in [9.17, 15) is 19.2 Å². The largest absolute Gasteiger partial charge is 0.433 e. The van der Waals surface area contributed by atoms with Crippen molar-refractivity contribution < 1.29 is 64.4 Å². The zero-order chi connectivity index (χ0) is 70.3. The Morgan fingerprint density at radius 1 is 0.226 bits per heavy atom. The van der Waals surface area contributed by atoms with Gasteiger partial charge < -0.3 is 64.4 Å². The lowest BCUT2D eigenvalue weighted by Gasteiger charge is -2.44. The SMILES string of the molecule is C=C[Si](C)(C)O[Si](C)(C)O[Si](O[Si](C)(C)O)(c1ccccc1)c1ccccc1.C=C[Si](C)(C)O[Si](C)(C)O[Si](O[Si](C)(C=C)O[Si](C)(C)O)(c1ccccc1)c1ccccc1.C=C[Si](C)(O[Si](C)(C)O)O[Si](O[Si](C)(C)O[Si](C)(C)O)(c1ccccc1)c1ccccc1. The van der Waals surface area contributed by atoms with Gasteiger partial charge in [-0.2, -0.15) is 0 Å². The lowest BCUT2D eigenvalue weighted by molar-refractivity contribution is 0.278. The molecule has 6 aromatic rings. The molecule has 0 heterocycles. The molecule has 0 saturated carbocycles. The minimum absolute atomic E-state index is 0.898. The third-order valence-corrected chi connectivity index (χ3v) is 60.7. The summed E-state index contributed by atoms with van der Waals surface area (Å²) in [6.45, 7) is 54.1. The molecule has 0 aliphatic heterocycles. The summed E-state index contributed by atoms with van der Waals surface area (Å²) >= 11 is 0. The monoisotopic (exact) mass is 1510 g/mol. The number of rotatable bonds is 32. The number of benzene rings is 6. The summed E-state index contributed by atoms with van der Waals surface area (Å²) in [6, 6.07) is 59.7. The zero-order valence-electron chi connectivity index (χ0n) is 58.7. The second-order valence-corrected chi connectivity index (χ2v) is 75.4. The predicted molar refractivity (Wildman–Crippen MR) is 416 cm³/mol. The van der Waals surface area contributed by atoms with E-state index in [1.165, 1.54) is 0 Å². The first-order valence-electron chi connectivity index (χ1n) is 31.1. The Labute approximate surface area is 572 Å². The van der Waals surface area contributed by atoms with E-state index in [0.29, 0.717) is 0 Å². The predicted octanol–water partition coefficient (Wildman–Crippen LogP) is 11.2. The summed E-state index contributed by atoms with van der Waals surface area (Å²) in [5.74, 6) is 0. The quantitative estimate of drug-likeness (QED) is 0.0293. The van der Waals surface area contributed by atoms with Crippen LogP contribution in [-0.4, -0.2) is 139 Å². The van der Waals surface area contributed by atoms with E-state index >= 15 is 0 Å². The maximum Gasteiger partial charge on any atom is 0.389 e. The molecule has 93 heavy (non-hydrogen) atoms. The van der Waals surface area contributed by atoms with Crippen LogP contribution in [0, 0.1) is 0 Å². The van der Waals surface area contributed by atoms with Crippen molar-refractivity contribution in [2.75, 3.05) is 0 Å². The molecule has 0 radical (unpaired) electrons. The fourth-order valence-electron chi connectivity index (χ4n) is 10.4. The first-order valence-corrected chi connectivity index (χ1v) is 67.2. The first kappa shape index (κ1) is 82.1. The van der Waals surface area contributed by atoms with Crippen LogP contribution in [0.2, 0.25) is 131 Å². The molecule has 2 unspecified atom stereocenters. The Morgan fingerprint density at radius 2 is 0.409 bits per heavy atom. The average Bonchev–Trinajstić information content (AvgIpc) is 0.770. The fraction of sp³-hybridized carbons (Fsp3) is 0.312. The average molecular weight is 1510 g/mol. The van der Waals surface area contributed by atoms with Crippen LogP contribution in [0.4, 0.5) is 0 Å². The molecule has 508 valence electrons. The Bertz CT molecular complexity index is 3160. The Kier molecular flexibility index (Phi) is 29.2. The minimum Gasteiger partial charge on any atom is -0.433 e. The summed E-state index contributed by atoms with van der Waals surface area (Å²) in [7, 11) is -40.2. The van der Waals surface area contributed by atoms with Crippen LogP contribution in [0.25, 0.3) is 0 Å². The highest BCUT2D eigenvalue weighted by Crippen LogP contribution is 2.30. The fourth-order valence-corrected chi connectivity index (χ4v) is 65.7.